The van der Waals surface area contributed by atoms with Gasteiger partial charge in [0.15, 0.2) is 0 Å². The molecular formula is C14H12B2. The fourth-order valence-electron chi connectivity index (χ4n) is 2.56. The van der Waals surface area contributed by atoms with Gasteiger partial charge in [-0.2, -0.15) is 0 Å². The van der Waals surface area contributed by atoms with Crippen molar-refractivity contribution in [3.05, 3.63) is 48.5 Å². The Morgan fingerprint density at radius 2 is 0.750 bits per heavy atom. The molecule has 74 valence electrons. The first-order chi connectivity index (χ1) is 7.79. The molecule has 0 radical (unpaired) electrons. The normalized spacial score (nSPS) is 11.0. The first kappa shape index (κ1) is 9.53. The summed E-state index contributed by atoms with van der Waals surface area (Å²) in [6, 6.07) is 17.3. The lowest BCUT2D eigenvalue weighted by atomic mass is 9.77. The maximum Gasteiger partial charge on any atom is 0.140 e. The second-order valence-electron chi connectivity index (χ2n) is 4.34. The Bertz CT molecular complexity index is 570. The van der Waals surface area contributed by atoms with Crippen LogP contribution in [0.25, 0.3) is 21.5 Å². The predicted octanol–water partition coefficient (Wildman–Crippen LogP) is 0.510. The van der Waals surface area contributed by atoms with E-state index in [4.69, 9.17) is 0 Å². The van der Waals surface area contributed by atoms with Crippen molar-refractivity contribution < 1.29 is 0 Å². The van der Waals surface area contributed by atoms with Gasteiger partial charge in [0.25, 0.3) is 0 Å². The Hall–Kier alpha value is -1.69. The van der Waals surface area contributed by atoms with Crippen LogP contribution < -0.4 is 10.9 Å². The number of rotatable bonds is 0. The van der Waals surface area contributed by atoms with Crippen molar-refractivity contribution in [2.45, 2.75) is 0 Å². The molecule has 0 atom stereocenters. The molecule has 16 heavy (non-hydrogen) atoms. The Labute approximate surface area is 97.1 Å². The molecule has 0 unspecified atom stereocenters. The molecule has 2 heteroatoms. The van der Waals surface area contributed by atoms with Crippen LogP contribution in [-0.4, -0.2) is 15.7 Å². The second kappa shape index (κ2) is 3.41. The molecule has 0 aliphatic carbocycles. The van der Waals surface area contributed by atoms with Crippen molar-refractivity contribution in [2.24, 2.45) is 0 Å². The molecule has 3 rings (SSSR count). The van der Waals surface area contributed by atoms with Crippen LogP contribution in [0.2, 0.25) is 0 Å². The second-order valence-corrected chi connectivity index (χ2v) is 4.34. The Morgan fingerprint density at radius 3 is 1.00 bits per heavy atom. The number of hydrogen-bond acceptors (Lipinski definition) is 0. The number of fused-ring (bicyclic) bond motifs is 2. The molecule has 0 heterocycles. The molecule has 0 saturated heterocycles. The maximum atomic E-state index is 2.21. The van der Waals surface area contributed by atoms with Gasteiger partial charge in [0.05, 0.1) is 0 Å². The third-order valence-electron chi connectivity index (χ3n) is 3.47. The summed E-state index contributed by atoms with van der Waals surface area (Å²) >= 11 is 0. The van der Waals surface area contributed by atoms with Gasteiger partial charge in [-0.15, -0.1) is 0 Å². The summed E-state index contributed by atoms with van der Waals surface area (Å²) in [6.07, 6.45) is 0. The highest BCUT2D eigenvalue weighted by molar-refractivity contribution is 6.53. The summed E-state index contributed by atoms with van der Waals surface area (Å²) in [4.78, 5) is 0. The van der Waals surface area contributed by atoms with Crippen molar-refractivity contribution in [1.29, 1.82) is 0 Å². The van der Waals surface area contributed by atoms with Crippen LogP contribution in [0.4, 0.5) is 0 Å². The topological polar surface area (TPSA) is 0 Å². The Balaban J connectivity index is 2.67. The summed E-state index contributed by atoms with van der Waals surface area (Å²) in [7, 11) is 4.42. The van der Waals surface area contributed by atoms with E-state index in [9.17, 15) is 0 Å². The molecular weight excluding hydrogens is 190 g/mol. The first-order valence-corrected chi connectivity index (χ1v) is 5.65. The molecule has 0 aliphatic heterocycles. The third kappa shape index (κ3) is 1.19. The molecule has 0 N–H and O–H groups in total. The molecule has 0 aliphatic rings. The fraction of sp³-hybridized carbons (Fsp3) is 0. The molecule has 0 amide bonds. The zero-order valence-corrected chi connectivity index (χ0v) is 9.62. The molecule has 0 saturated carbocycles. The van der Waals surface area contributed by atoms with Crippen molar-refractivity contribution in [3.63, 3.8) is 0 Å². The lowest BCUT2D eigenvalue weighted by Crippen LogP contribution is -2.15. The summed E-state index contributed by atoms with van der Waals surface area (Å²) in [5.41, 5.74) is 2.77. The van der Waals surface area contributed by atoms with E-state index in [1.54, 1.807) is 0 Å². The lowest BCUT2D eigenvalue weighted by Gasteiger charge is -2.11. The lowest BCUT2D eigenvalue weighted by molar-refractivity contribution is 1.80. The minimum absolute atomic E-state index is 1.37. The van der Waals surface area contributed by atoms with Gasteiger partial charge in [0, 0.05) is 0 Å². The van der Waals surface area contributed by atoms with Crippen molar-refractivity contribution in [1.82, 2.24) is 0 Å². The van der Waals surface area contributed by atoms with Crippen molar-refractivity contribution >= 4 is 48.2 Å². The summed E-state index contributed by atoms with van der Waals surface area (Å²) in [5.74, 6) is 0. The smallest absolute Gasteiger partial charge is 0.0736 e. The van der Waals surface area contributed by atoms with Crippen molar-refractivity contribution in [3.8, 4) is 0 Å². The van der Waals surface area contributed by atoms with Gasteiger partial charge in [0.1, 0.15) is 15.7 Å². The monoisotopic (exact) mass is 202 g/mol. The van der Waals surface area contributed by atoms with Crippen LogP contribution in [0.15, 0.2) is 48.5 Å². The quantitative estimate of drug-likeness (QED) is 0.368. The van der Waals surface area contributed by atoms with Crippen LogP contribution in [0.5, 0.6) is 0 Å². The van der Waals surface area contributed by atoms with E-state index in [-0.39, 0.29) is 0 Å². The van der Waals surface area contributed by atoms with E-state index in [0.29, 0.717) is 0 Å². The van der Waals surface area contributed by atoms with Gasteiger partial charge in [0.2, 0.25) is 0 Å². The summed E-state index contributed by atoms with van der Waals surface area (Å²) in [5, 5.41) is 5.50. The summed E-state index contributed by atoms with van der Waals surface area (Å²) in [6.45, 7) is 0. The number of hydrogen-bond donors (Lipinski definition) is 0. The predicted molar refractivity (Wildman–Crippen MR) is 77.8 cm³/mol. The van der Waals surface area contributed by atoms with Gasteiger partial charge < -0.3 is 0 Å². The zero-order valence-electron chi connectivity index (χ0n) is 9.62. The van der Waals surface area contributed by atoms with E-state index in [1.165, 1.54) is 32.5 Å². The zero-order chi connectivity index (χ0) is 11.1. The molecule has 0 nitrogen and oxygen atoms in total. The van der Waals surface area contributed by atoms with Gasteiger partial charge >= 0.3 is 0 Å². The fourth-order valence-corrected chi connectivity index (χ4v) is 2.56. The minimum atomic E-state index is 1.37. The average molecular weight is 202 g/mol. The first-order valence-electron chi connectivity index (χ1n) is 5.65. The molecule has 3 aromatic carbocycles. The molecule has 0 bridgehead atoms. The van der Waals surface area contributed by atoms with E-state index in [0.717, 1.165) is 0 Å². The minimum Gasteiger partial charge on any atom is -0.0736 e. The van der Waals surface area contributed by atoms with Gasteiger partial charge in [-0.3, -0.25) is 0 Å². The Morgan fingerprint density at radius 1 is 0.500 bits per heavy atom. The van der Waals surface area contributed by atoms with Gasteiger partial charge in [-0.25, -0.2) is 0 Å². The largest absolute Gasteiger partial charge is 0.140 e. The van der Waals surface area contributed by atoms with Crippen LogP contribution in [0.3, 0.4) is 0 Å². The Kier molecular flexibility index (Phi) is 2.03. The van der Waals surface area contributed by atoms with E-state index in [2.05, 4.69) is 64.2 Å². The van der Waals surface area contributed by atoms with Gasteiger partial charge in [-0.1, -0.05) is 59.5 Å². The highest BCUT2D eigenvalue weighted by Crippen LogP contribution is 2.17. The van der Waals surface area contributed by atoms with Gasteiger partial charge in [-0.05, 0) is 21.5 Å². The van der Waals surface area contributed by atoms with E-state index < -0.39 is 0 Å². The van der Waals surface area contributed by atoms with Crippen LogP contribution in [0.1, 0.15) is 0 Å². The molecule has 0 spiro atoms. The summed E-state index contributed by atoms with van der Waals surface area (Å²) < 4.78 is 0. The van der Waals surface area contributed by atoms with Crippen LogP contribution in [-0.2, 0) is 0 Å². The third-order valence-corrected chi connectivity index (χ3v) is 3.47. The standard InChI is InChI=1S/C14H12B2/c15-13-9-5-1-2-6-10(9)14(16)12-8-4-3-7-11(12)13/h1-8H,15-16H2. The van der Waals surface area contributed by atoms with Crippen LogP contribution in [0, 0.1) is 0 Å². The average Bonchev–Trinajstić information content (AvgIpc) is 2.36. The highest BCUT2D eigenvalue weighted by atomic mass is 14.1. The van der Waals surface area contributed by atoms with Crippen LogP contribution >= 0.6 is 0 Å². The molecule has 3 aromatic rings. The SMILES string of the molecule is Bc1c2ccccc2c(B)c2ccccc12. The van der Waals surface area contributed by atoms with E-state index >= 15 is 0 Å². The number of benzene rings is 3. The highest BCUT2D eigenvalue weighted by Gasteiger charge is 2.06. The molecule has 0 aromatic heterocycles. The molecule has 0 fully saturated rings. The van der Waals surface area contributed by atoms with Crippen molar-refractivity contribution in [2.75, 3.05) is 0 Å². The van der Waals surface area contributed by atoms with E-state index in [1.807, 2.05) is 0 Å². The maximum absolute atomic E-state index is 2.21.